The summed E-state index contributed by atoms with van der Waals surface area (Å²) in [5.74, 6) is 0.100. The highest BCUT2D eigenvalue weighted by atomic mass is 16.4. The Labute approximate surface area is 176 Å². The zero-order valence-electron chi connectivity index (χ0n) is 17.2. The highest BCUT2D eigenvalue weighted by molar-refractivity contribution is 5.85. The van der Waals surface area contributed by atoms with Gasteiger partial charge in [-0.25, -0.2) is 0 Å². The Morgan fingerprint density at radius 1 is 1.03 bits per heavy atom. The van der Waals surface area contributed by atoms with Crippen LogP contribution in [0.3, 0.4) is 0 Å². The molecule has 6 nitrogen and oxygen atoms in total. The Bertz CT molecular complexity index is 970. The van der Waals surface area contributed by atoms with E-state index in [-0.39, 0.29) is 18.0 Å². The summed E-state index contributed by atoms with van der Waals surface area (Å²) in [5.41, 5.74) is 2.92. The third-order valence-electron chi connectivity index (χ3n) is 6.20. The smallest absolute Gasteiger partial charge is 0.299 e. The lowest BCUT2D eigenvalue weighted by molar-refractivity contribution is -0.123. The van der Waals surface area contributed by atoms with Crippen molar-refractivity contribution >= 4 is 23.0 Å². The molecule has 2 saturated heterocycles. The Morgan fingerprint density at radius 2 is 1.87 bits per heavy atom. The van der Waals surface area contributed by atoms with Crippen molar-refractivity contribution in [2.45, 2.75) is 44.3 Å². The van der Waals surface area contributed by atoms with Crippen LogP contribution < -0.4 is 10.2 Å². The van der Waals surface area contributed by atoms with Crippen LogP contribution in [-0.4, -0.2) is 47.5 Å². The molecule has 0 spiro atoms. The molecule has 0 unspecified atom stereocenters. The number of anilines is 1. The second-order valence-corrected chi connectivity index (χ2v) is 8.38. The van der Waals surface area contributed by atoms with Crippen LogP contribution in [0.1, 0.15) is 31.2 Å². The molecule has 2 aromatic carbocycles. The minimum Gasteiger partial charge on any atom is -0.423 e. The molecule has 2 aliphatic rings. The lowest BCUT2D eigenvalue weighted by Crippen LogP contribution is -2.52. The van der Waals surface area contributed by atoms with Gasteiger partial charge in [-0.15, -0.1) is 0 Å². The fraction of sp³-hybridized carbons (Fsp3) is 0.417. The normalized spacial score (nSPS) is 22.5. The summed E-state index contributed by atoms with van der Waals surface area (Å²) < 4.78 is 5.97. The molecule has 0 aliphatic carbocycles. The monoisotopic (exact) mass is 404 g/mol. The number of hydrogen-bond acceptors (Lipinski definition) is 5. The van der Waals surface area contributed by atoms with Crippen LogP contribution in [0.4, 0.5) is 6.01 Å². The summed E-state index contributed by atoms with van der Waals surface area (Å²) in [6.45, 7) is 3.65. The van der Waals surface area contributed by atoms with Crippen molar-refractivity contribution in [1.82, 2.24) is 15.2 Å². The minimum absolute atomic E-state index is 0.100. The van der Waals surface area contributed by atoms with E-state index in [9.17, 15) is 4.79 Å². The first-order chi connectivity index (χ1) is 14.8. The lowest BCUT2D eigenvalue weighted by Gasteiger charge is -2.34. The van der Waals surface area contributed by atoms with Gasteiger partial charge in [0, 0.05) is 32.2 Å². The van der Waals surface area contributed by atoms with Crippen LogP contribution in [0.25, 0.3) is 11.1 Å². The average Bonchev–Trinajstić information content (AvgIpc) is 3.41. The molecule has 156 valence electrons. The number of amides is 1. The van der Waals surface area contributed by atoms with Crippen molar-refractivity contribution in [3.8, 4) is 0 Å². The molecule has 3 heterocycles. The van der Waals surface area contributed by atoms with E-state index in [0.29, 0.717) is 6.01 Å². The molecule has 1 aromatic heterocycles. The van der Waals surface area contributed by atoms with Gasteiger partial charge in [-0.05, 0) is 43.4 Å². The topological polar surface area (TPSA) is 61.6 Å². The largest absolute Gasteiger partial charge is 0.423 e. The number of nitrogens with zero attached hydrogens (tertiary/aromatic N) is 3. The second kappa shape index (κ2) is 8.48. The molecule has 5 rings (SSSR count). The molecular formula is C24H28N4O2. The van der Waals surface area contributed by atoms with Gasteiger partial charge in [0.2, 0.25) is 5.91 Å². The molecule has 2 atom stereocenters. The van der Waals surface area contributed by atoms with Crippen molar-refractivity contribution in [2.24, 2.45) is 0 Å². The minimum atomic E-state index is -0.213. The van der Waals surface area contributed by atoms with Gasteiger partial charge < -0.3 is 14.6 Å². The van der Waals surface area contributed by atoms with E-state index in [1.54, 1.807) is 0 Å². The first kappa shape index (κ1) is 19.1. The standard InChI is InChI=1S/C24H28N4O2/c29-23(25-19-13-15-27(17-19)16-18-8-2-1-3-9-18)21-11-6-7-14-28(21)24-26-20-10-4-5-12-22(20)30-24/h1-5,8-10,12,19,21H,6-7,11,13-17H2,(H,25,29)/t19-,21-/m0/s1. The van der Waals surface area contributed by atoms with Crippen molar-refractivity contribution in [1.29, 1.82) is 0 Å². The summed E-state index contributed by atoms with van der Waals surface area (Å²) >= 11 is 0. The molecule has 0 radical (unpaired) electrons. The zero-order valence-corrected chi connectivity index (χ0v) is 17.2. The fourth-order valence-corrected chi connectivity index (χ4v) is 4.65. The summed E-state index contributed by atoms with van der Waals surface area (Å²) in [7, 11) is 0. The van der Waals surface area contributed by atoms with Crippen LogP contribution in [-0.2, 0) is 11.3 Å². The number of piperidine rings is 1. The Balaban J connectivity index is 1.23. The van der Waals surface area contributed by atoms with E-state index in [4.69, 9.17) is 4.42 Å². The third kappa shape index (κ3) is 4.05. The molecule has 0 bridgehead atoms. The molecule has 3 aromatic rings. The number of carbonyl (C=O) groups is 1. The van der Waals surface area contributed by atoms with E-state index in [1.807, 2.05) is 30.3 Å². The van der Waals surface area contributed by atoms with Gasteiger partial charge in [-0.2, -0.15) is 4.98 Å². The van der Waals surface area contributed by atoms with Crippen molar-refractivity contribution in [3.05, 3.63) is 60.2 Å². The molecule has 6 heteroatoms. The van der Waals surface area contributed by atoms with Gasteiger partial charge in [0.25, 0.3) is 6.01 Å². The van der Waals surface area contributed by atoms with Crippen LogP contribution in [0, 0.1) is 0 Å². The summed E-state index contributed by atoms with van der Waals surface area (Å²) in [4.78, 5) is 22.3. The quantitative estimate of drug-likeness (QED) is 0.704. The SMILES string of the molecule is O=C(N[C@H]1CCN(Cc2ccccc2)C1)[C@@H]1CCCCN1c1nc2ccccc2o1. The number of benzene rings is 2. The van der Waals surface area contributed by atoms with Gasteiger partial charge in [-0.3, -0.25) is 9.69 Å². The Morgan fingerprint density at radius 3 is 2.73 bits per heavy atom. The predicted molar refractivity (Wildman–Crippen MR) is 117 cm³/mol. The maximum atomic E-state index is 13.2. The van der Waals surface area contributed by atoms with Gasteiger partial charge in [-0.1, -0.05) is 42.5 Å². The van der Waals surface area contributed by atoms with E-state index >= 15 is 0 Å². The van der Waals surface area contributed by atoms with Gasteiger partial charge in [0.1, 0.15) is 11.6 Å². The first-order valence-corrected chi connectivity index (χ1v) is 10.9. The summed E-state index contributed by atoms with van der Waals surface area (Å²) in [6, 6.07) is 18.8. The predicted octanol–water partition coefficient (Wildman–Crippen LogP) is 3.58. The van der Waals surface area contributed by atoms with Crippen molar-refractivity contribution < 1.29 is 9.21 Å². The third-order valence-corrected chi connectivity index (χ3v) is 6.20. The molecule has 30 heavy (non-hydrogen) atoms. The fourth-order valence-electron chi connectivity index (χ4n) is 4.65. The Kier molecular flexibility index (Phi) is 5.41. The molecule has 1 amide bonds. The Hall–Kier alpha value is -2.86. The number of likely N-dealkylation sites (tertiary alicyclic amines) is 1. The number of rotatable bonds is 5. The highest BCUT2D eigenvalue weighted by Crippen LogP contribution is 2.28. The van der Waals surface area contributed by atoms with E-state index in [1.165, 1.54) is 5.56 Å². The highest BCUT2D eigenvalue weighted by Gasteiger charge is 2.34. The lowest BCUT2D eigenvalue weighted by atomic mass is 10.0. The average molecular weight is 405 g/mol. The van der Waals surface area contributed by atoms with Crippen LogP contribution >= 0.6 is 0 Å². The molecule has 2 fully saturated rings. The second-order valence-electron chi connectivity index (χ2n) is 8.38. The molecule has 1 N–H and O–H groups in total. The number of aromatic nitrogens is 1. The van der Waals surface area contributed by atoms with Crippen LogP contribution in [0.15, 0.2) is 59.0 Å². The number of nitrogens with one attached hydrogen (secondary N) is 1. The number of hydrogen-bond donors (Lipinski definition) is 1. The molecular weight excluding hydrogens is 376 g/mol. The summed E-state index contributed by atoms with van der Waals surface area (Å²) in [5, 5.41) is 3.31. The number of para-hydroxylation sites is 2. The van der Waals surface area contributed by atoms with Crippen molar-refractivity contribution in [2.75, 3.05) is 24.5 Å². The van der Waals surface area contributed by atoms with Crippen molar-refractivity contribution in [3.63, 3.8) is 0 Å². The maximum Gasteiger partial charge on any atom is 0.299 e. The zero-order chi connectivity index (χ0) is 20.3. The van der Waals surface area contributed by atoms with Crippen LogP contribution in [0.5, 0.6) is 0 Å². The van der Waals surface area contributed by atoms with Crippen LogP contribution in [0.2, 0.25) is 0 Å². The van der Waals surface area contributed by atoms with Gasteiger partial charge >= 0.3 is 0 Å². The van der Waals surface area contributed by atoms with E-state index in [2.05, 4.69) is 44.4 Å². The number of carbonyl (C=O) groups excluding carboxylic acids is 1. The molecule has 2 aliphatic heterocycles. The number of oxazole rings is 1. The number of fused-ring (bicyclic) bond motifs is 1. The van der Waals surface area contributed by atoms with E-state index in [0.717, 1.165) is 63.0 Å². The maximum absolute atomic E-state index is 13.2. The first-order valence-electron chi connectivity index (χ1n) is 10.9. The summed E-state index contributed by atoms with van der Waals surface area (Å²) in [6.07, 6.45) is 3.94. The van der Waals surface area contributed by atoms with Gasteiger partial charge in [0.15, 0.2) is 5.58 Å². The molecule has 0 saturated carbocycles. The van der Waals surface area contributed by atoms with E-state index < -0.39 is 0 Å². The van der Waals surface area contributed by atoms with Gasteiger partial charge in [0.05, 0.1) is 0 Å².